The van der Waals surface area contributed by atoms with Crippen LogP contribution in [0.2, 0.25) is 0 Å². The van der Waals surface area contributed by atoms with Crippen LogP contribution in [0.5, 0.6) is 5.75 Å². The van der Waals surface area contributed by atoms with Crippen LogP contribution in [0.15, 0.2) is 48.5 Å². The Morgan fingerprint density at radius 2 is 1.71 bits per heavy atom. The lowest BCUT2D eigenvalue weighted by Crippen LogP contribution is -2.24. The molecule has 2 aromatic rings. The number of hydrogen-bond donors (Lipinski definition) is 2. The third kappa shape index (κ3) is 4.88. The highest BCUT2D eigenvalue weighted by molar-refractivity contribution is 5.34. The Hall–Kier alpha value is -1.84. The van der Waals surface area contributed by atoms with Gasteiger partial charge in [0.2, 0.25) is 0 Å². The Morgan fingerprint density at radius 3 is 2.43 bits per heavy atom. The lowest BCUT2D eigenvalue weighted by molar-refractivity contribution is 0.190. The van der Waals surface area contributed by atoms with Gasteiger partial charge in [0.15, 0.2) is 0 Å². The second kappa shape index (κ2) is 7.81. The molecule has 0 aliphatic carbocycles. The highest BCUT2D eigenvalue weighted by Gasteiger charge is 2.05. The summed E-state index contributed by atoms with van der Waals surface area (Å²) in [5, 5.41) is 12.5. The van der Waals surface area contributed by atoms with Crippen molar-refractivity contribution in [3.05, 3.63) is 65.2 Å². The maximum atomic E-state index is 9.29. The van der Waals surface area contributed by atoms with E-state index in [4.69, 9.17) is 4.74 Å². The Balaban J connectivity index is 1.98. The van der Waals surface area contributed by atoms with Gasteiger partial charge in [0.05, 0.1) is 6.10 Å². The maximum absolute atomic E-state index is 9.29. The Labute approximate surface area is 126 Å². The summed E-state index contributed by atoms with van der Waals surface area (Å²) in [7, 11) is 0. The van der Waals surface area contributed by atoms with Gasteiger partial charge in [-0.2, -0.15) is 0 Å². The molecule has 0 fully saturated rings. The molecule has 0 amide bonds. The lowest BCUT2D eigenvalue weighted by atomic mass is 10.1. The molecular formula is C18H23NO2. The Morgan fingerprint density at radius 1 is 1.05 bits per heavy atom. The minimum Gasteiger partial charge on any atom is -0.489 e. The number of aliphatic hydroxyl groups excluding tert-OH is 1. The van der Waals surface area contributed by atoms with E-state index in [0.717, 1.165) is 11.3 Å². The van der Waals surface area contributed by atoms with Gasteiger partial charge in [0, 0.05) is 18.7 Å². The van der Waals surface area contributed by atoms with Crippen molar-refractivity contribution in [1.82, 2.24) is 5.32 Å². The molecule has 0 saturated heterocycles. The van der Waals surface area contributed by atoms with E-state index in [9.17, 15) is 5.11 Å². The average Bonchev–Trinajstić information content (AvgIpc) is 2.47. The fourth-order valence-electron chi connectivity index (χ4n) is 2.13. The number of benzene rings is 2. The van der Waals surface area contributed by atoms with Crippen LogP contribution in [0.3, 0.4) is 0 Å². The Kier molecular flexibility index (Phi) is 5.78. The van der Waals surface area contributed by atoms with Crippen LogP contribution in [0.25, 0.3) is 0 Å². The lowest BCUT2D eigenvalue weighted by Gasteiger charge is -2.14. The van der Waals surface area contributed by atoms with Crippen molar-refractivity contribution in [2.75, 3.05) is 6.54 Å². The highest BCUT2D eigenvalue weighted by atomic mass is 16.5. The van der Waals surface area contributed by atoms with Crippen molar-refractivity contribution in [3.8, 4) is 5.75 Å². The summed E-state index contributed by atoms with van der Waals surface area (Å²) in [5.41, 5.74) is 3.54. The van der Waals surface area contributed by atoms with E-state index in [2.05, 4.69) is 24.4 Å². The van der Waals surface area contributed by atoms with E-state index in [1.54, 1.807) is 6.92 Å². The second-order valence-corrected chi connectivity index (χ2v) is 5.30. The summed E-state index contributed by atoms with van der Waals surface area (Å²) in [5.74, 6) is 0.888. The van der Waals surface area contributed by atoms with Crippen molar-refractivity contribution in [3.63, 3.8) is 0 Å². The number of rotatable bonds is 7. The molecule has 2 N–H and O–H groups in total. The second-order valence-electron chi connectivity index (χ2n) is 5.30. The van der Waals surface area contributed by atoms with Gasteiger partial charge in [-0.05, 0) is 31.0 Å². The van der Waals surface area contributed by atoms with Gasteiger partial charge in [0.1, 0.15) is 12.4 Å². The van der Waals surface area contributed by atoms with Gasteiger partial charge in [-0.1, -0.05) is 42.5 Å². The fraction of sp³-hybridized carbons (Fsp3) is 0.333. The van der Waals surface area contributed by atoms with Gasteiger partial charge in [-0.3, -0.25) is 0 Å². The number of ether oxygens (including phenoxy) is 1. The summed E-state index contributed by atoms with van der Waals surface area (Å²) >= 11 is 0. The van der Waals surface area contributed by atoms with E-state index in [1.807, 2.05) is 36.4 Å². The first-order valence-corrected chi connectivity index (χ1v) is 7.31. The minimum absolute atomic E-state index is 0.343. The van der Waals surface area contributed by atoms with Crippen molar-refractivity contribution in [1.29, 1.82) is 0 Å². The maximum Gasteiger partial charge on any atom is 0.124 e. The molecule has 112 valence electrons. The van der Waals surface area contributed by atoms with Crippen LogP contribution in [-0.2, 0) is 13.2 Å². The van der Waals surface area contributed by atoms with Crippen molar-refractivity contribution in [2.24, 2.45) is 0 Å². The van der Waals surface area contributed by atoms with Crippen LogP contribution >= 0.6 is 0 Å². The monoisotopic (exact) mass is 285 g/mol. The molecule has 0 aromatic heterocycles. The van der Waals surface area contributed by atoms with Crippen LogP contribution in [-0.4, -0.2) is 17.8 Å². The van der Waals surface area contributed by atoms with Crippen LogP contribution in [0.1, 0.15) is 23.6 Å². The zero-order valence-corrected chi connectivity index (χ0v) is 12.7. The number of para-hydroxylation sites is 1. The van der Waals surface area contributed by atoms with Gasteiger partial charge < -0.3 is 15.2 Å². The number of nitrogens with one attached hydrogen (secondary N) is 1. The molecule has 0 bridgehead atoms. The van der Waals surface area contributed by atoms with Gasteiger partial charge >= 0.3 is 0 Å². The molecule has 2 aromatic carbocycles. The smallest absolute Gasteiger partial charge is 0.124 e. The summed E-state index contributed by atoms with van der Waals surface area (Å²) in [6.07, 6.45) is -0.343. The summed E-state index contributed by atoms with van der Waals surface area (Å²) in [6.45, 7) is 5.70. The van der Waals surface area contributed by atoms with Gasteiger partial charge in [-0.15, -0.1) is 0 Å². The molecule has 0 aliphatic heterocycles. The number of aliphatic hydroxyl groups is 1. The third-order valence-corrected chi connectivity index (χ3v) is 3.37. The largest absolute Gasteiger partial charge is 0.489 e. The molecule has 21 heavy (non-hydrogen) atoms. The normalized spacial score (nSPS) is 12.1. The molecule has 1 unspecified atom stereocenters. The quantitative estimate of drug-likeness (QED) is 0.821. The molecule has 0 spiro atoms. The van der Waals surface area contributed by atoms with Gasteiger partial charge in [-0.25, -0.2) is 0 Å². The Bertz CT molecular complexity index is 567. The van der Waals surface area contributed by atoms with E-state index < -0.39 is 0 Å². The molecule has 0 aliphatic rings. The molecule has 3 heteroatoms. The summed E-state index contributed by atoms with van der Waals surface area (Å²) in [6, 6.07) is 16.2. The summed E-state index contributed by atoms with van der Waals surface area (Å²) in [4.78, 5) is 0. The molecule has 2 rings (SSSR count). The van der Waals surface area contributed by atoms with Crippen molar-refractivity contribution >= 4 is 0 Å². The van der Waals surface area contributed by atoms with Crippen LogP contribution in [0, 0.1) is 6.92 Å². The first kappa shape index (κ1) is 15.5. The van der Waals surface area contributed by atoms with Gasteiger partial charge in [0.25, 0.3) is 0 Å². The van der Waals surface area contributed by atoms with E-state index in [0.29, 0.717) is 19.7 Å². The molecule has 3 nitrogen and oxygen atoms in total. The van der Waals surface area contributed by atoms with Crippen LogP contribution < -0.4 is 10.1 Å². The predicted molar refractivity (Wildman–Crippen MR) is 85.3 cm³/mol. The summed E-state index contributed by atoms with van der Waals surface area (Å²) < 4.78 is 5.96. The van der Waals surface area contributed by atoms with E-state index >= 15 is 0 Å². The SMILES string of the molecule is Cc1ccccc1COc1ccccc1CNCC(C)O. The first-order chi connectivity index (χ1) is 10.2. The van der Waals surface area contributed by atoms with Crippen molar-refractivity contribution < 1.29 is 9.84 Å². The molecule has 0 heterocycles. The molecule has 0 saturated carbocycles. The van der Waals surface area contributed by atoms with E-state index in [1.165, 1.54) is 11.1 Å². The topological polar surface area (TPSA) is 41.5 Å². The molecule has 1 atom stereocenters. The highest BCUT2D eigenvalue weighted by Crippen LogP contribution is 2.20. The zero-order chi connectivity index (χ0) is 15.1. The predicted octanol–water partition coefficient (Wildman–Crippen LogP) is 3.04. The van der Waals surface area contributed by atoms with E-state index in [-0.39, 0.29) is 6.10 Å². The van der Waals surface area contributed by atoms with Crippen molar-refractivity contribution in [2.45, 2.75) is 33.1 Å². The fourth-order valence-corrected chi connectivity index (χ4v) is 2.13. The third-order valence-electron chi connectivity index (χ3n) is 3.37. The molecular weight excluding hydrogens is 262 g/mol. The first-order valence-electron chi connectivity index (χ1n) is 7.31. The average molecular weight is 285 g/mol. The number of aryl methyl sites for hydroxylation is 1. The zero-order valence-electron chi connectivity index (χ0n) is 12.7. The van der Waals surface area contributed by atoms with Crippen LogP contribution in [0.4, 0.5) is 0 Å². The standard InChI is InChI=1S/C18H23NO2/c1-14-7-3-4-9-17(14)13-21-18-10-6-5-8-16(18)12-19-11-15(2)20/h3-10,15,19-20H,11-13H2,1-2H3. The number of hydrogen-bond acceptors (Lipinski definition) is 3. The molecule has 0 radical (unpaired) electrons. The minimum atomic E-state index is -0.343.